The van der Waals surface area contributed by atoms with Gasteiger partial charge in [-0.25, -0.2) is 0 Å². The quantitative estimate of drug-likeness (QED) is 0.167. The summed E-state index contributed by atoms with van der Waals surface area (Å²) in [6.07, 6.45) is 23.8. The van der Waals surface area contributed by atoms with Crippen molar-refractivity contribution in [2.45, 2.75) is 82.6 Å². The molecule has 8 rings (SSSR count). The maximum absolute atomic E-state index is 6.60. The Morgan fingerprint density at radius 2 is 0.870 bits per heavy atom. The van der Waals surface area contributed by atoms with Crippen LogP contribution in [0.3, 0.4) is 0 Å². The van der Waals surface area contributed by atoms with Gasteiger partial charge in [-0.3, -0.25) is 0 Å². The summed E-state index contributed by atoms with van der Waals surface area (Å²) in [4.78, 5) is 0. The monoisotopic (exact) mass is 757 g/mol. The van der Waals surface area contributed by atoms with Crippen molar-refractivity contribution in [2.75, 3.05) is 0 Å². The van der Waals surface area contributed by atoms with Gasteiger partial charge in [0.15, 0.2) is 0 Å². The van der Waals surface area contributed by atoms with Gasteiger partial charge >= 0.3 is 0 Å². The van der Waals surface area contributed by atoms with Crippen molar-refractivity contribution in [3.8, 4) is 11.5 Å². The van der Waals surface area contributed by atoms with Crippen LogP contribution in [0.2, 0.25) is 56.9 Å². The Labute approximate surface area is 326 Å². The van der Waals surface area contributed by atoms with Crippen LogP contribution in [-0.4, -0.2) is 25.4 Å². The number of hydrogen-bond acceptors (Lipinski definition) is 2. The summed E-state index contributed by atoms with van der Waals surface area (Å²) in [6.45, 7) is 20.9. The first-order valence-corrected chi connectivity index (χ1v) is 28.5. The molecule has 4 aliphatic rings. The Morgan fingerprint density at radius 1 is 0.481 bits per heavy atom. The van der Waals surface area contributed by atoms with Gasteiger partial charge in [0, 0.05) is 22.6 Å². The standard InChI is InChI=1S/C49H53O2Si3/c1-32-30-44-36(38-26-28-46(50-53(4,5)6)40-22-14-10-18-34(38)40)20-12-16-24-42(44)48(32)52(3)49-33(2)31-45-37(21-13-17-25-43(45)49)39-27-29-47(51-54(7,8)9)41-23-15-11-19-35(39)41/h10-31,36-37,48-49H,1-9H3. The first-order chi connectivity index (χ1) is 25.8. The lowest BCUT2D eigenvalue weighted by Crippen LogP contribution is -2.29. The van der Waals surface area contributed by atoms with E-state index in [-0.39, 0.29) is 11.8 Å². The van der Waals surface area contributed by atoms with E-state index in [1.165, 1.54) is 66.1 Å². The third-order valence-electron chi connectivity index (χ3n) is 11.3. The SMILES string of the molecule is CC1=CC2=C(C=CC=CC2c2ccc(O[Si](C)(C)C)c3ccccc23)C1[Si](C)C1C(C)=CC2=C1C=CC=CC2c1ccc(O[Si](C)(C)C)c2ccccc12. The van der Waals surface area contributed by atoms with Gasteiger partial charge < -0.3 is 8.85 Å². The van der Waals surface area contributed by atoms with Crippen molar-refractivity contribution in [2.24, 2.45) is 0 Å². The van der Waals surface area contributed by atoms with Crippen LogP contribution >= 0.6 is 0 Å². The normalized spacial score (nSPS) is 22.5. The van der Waals surface area contributed by atoms with E-state index in [0.29, 0.717) is 11.1 Å². The second-order valence-electron chi connectivity index (χ2n) is 17.5. The average Bonchev–Trinajstić information content (AvgIpc) is 3.44. The summed E-state index contributed by atoms with van der Waals surface area (Å²) in [5, 5.41) is 4.99. The van der Waals surface area contributed by atoms with Crippen molar-refractivity contribution in [3.05, 3.63) is 178 Å². The van der Waals surface area contributed by atoms with Gasteiger partial charge in [-0.2, -0.15) is 0 Å². The van der Waals surface area contributed by atoms with E-state index < -0.39 is 25.4 Å². The van der Waals surface area contributed by atoms with Gasteiger partial charge in [0.2, 0.25) is 16.6 Å². The highest BCUT2D eigenvalue weighted by Gasteiger charge is 2.41. The highest BCUT2D eigenvalue weighted by atomic mass is 28.4. The first kappa shape index (κ1) is 36.5. The van der Waals surface area contributed by atoms with Gasteiger partial charge in [0.05, 0.1) is 8.80 Å². The zero-order valence-corrected chi connectivity index (χ0v) is 36.3. The lowest BCUT2D eigenvalue weighted by atomic mass is 9.86. The van der Waals surface area contributed by atoms with E-state index in [2.05, 4.69) is 193 Å². The molecule has 0 fully saturated rings. The fraction of sp³-hybridized carbons (Fsp3) is 0.265. The molecule has 4 aromatic carbocycles. The van der Waals surface area contributed by atoms with Crippen molar-refractivity contribution in [3.63, 3.8) is 0 Å². The molecule has 5 heteroatoms. The molecular formula is C49H53O2Si3. The number of rotatable bonds is 8. The third kappa shape index (κ3) is 6.76. The predicted octanol–water partition coefficient (Wildman–Crippen LogP) is 13.9. The third-order valence-corrected chi connectivity index (χ3v) is 16.3. The van der Waals surface area contributed by atoms with Crippen LogP contribution in [0.1, 0.15) is 36.8 Å². The van der Waals surface area contributed by atoms with Crippen LogP contribution < -0.4 is 8.85 Å². The minimum Gasteiger partial charge on any atom is -0.544 e. The summed E-state index contributed by atoms with van der Waals surface area (Å²) < 4.78 is 13.2. The smallest absolute Gasteiger partial charge is 0.242 e. The molecular weight excluding hydrogens is 705 g/mol. The van der Waals surface area contributed by atoms with Gasteiger partial charge in [-0.15, -0.1) is 0 Å². The molecule has 0 amide bonds. The maximum Gasteiger partial charge on any atom is 0.242 e. The van der Waals surface area contributed by atoms with E-state index in [1.54, 1.807) is 0 Å². The minimum absolute atomic E-state index is 0.179. The van der Waals surface area contributed by atoms with Crippen molar-refractivity contribution in [1.82, 2.24) is 0 Å². The van der Waals surface area contributed by atoms with E-state index in [1.807, 2.05) is 0 Å². The summed E-state index contributed by atoms with van der Waals surface area (Å²) >= 11 is 0. The number of hydrogen-bond donors (Lipinski definition) is 0. The molecule has 0 aliphatic heterocycles. The molecule has 0 saturated carbocycles. The lowest BCUT2D eigenvalue weighted by molar-refractivity contribution is 0.563. The molecule has 0 spiro atoms. The number of benzene rings is 4. The van der Waals surface area contributed by atoms with Gasteiger partial charge in [0.25, 0.3) is 0 Å². The van der Waals surface area contributed by atoms with Crippen LogP contribution in [0.15, 0.2) is 167 Å². The molecule has 0 N–H and O–H groups in total. The van der Waals surface area contributed by atoms with E-state index in [4.69, 9.17) is 8.85 Å². The Morgan fingerprint density at radius 3 is 1.26 bits per heavy atom. The Balaban J connectivity index is 1.17. The number of fused-ring (bicyclic) bond motifs is 2. The molecule has 4 aliphatic carbocycles. The zero-order valence-electron chi connectivity index (χ0n) is 33.3. The Hall–Kier alpha value is -4.43. The molecule has 54 heavy (non-hydrogen) atoms. The summed E-state index contributed by atoms with van der Waals surface area (Å²) in [6, 6.07) is 26.8. The lowest BCUT2D eigenvalue weighted by Gasteiger charge is -2.30. The molecule has 0 saturated heterocycles. The first-order valence-electron chi connectivity index (χ1n) is 19.6. The van der Waals surface area contributed by atoms with Gasteiger partial charge in [-0.05, 0) is 121 Å². The zero-order chi connectivity index (χ0) is 37.9. The van der Waals surface area contributed by atoms with E-state index in [9.17, 15) is 0 Å². The highest BCUT2D eigenvalue weighted by Crippen LogP contribution is 2.54. The highest BCUT2D eigenvalue weighted by molar-refractivity contribution is 6.71. The molecule has 2 nitrogen and oxygen atoms in total. The molecule has 0 aromatic heterocycles. The van der Waals surface area contributed by atoms with E-state index >= 15 is 0 Å². The second-order valence-corrected chi connectivity index (χ2v) is 29.0. The predicted molar refractivity (Wildman–Crippen MR) is 239 cm³/mol. The fourth-order valence-electron chi connectivity index (χ4n) is 9.34. The Bertz CT molecular complexity index is 2250. The van der Waals surface area contributed by atoms with Crippen LogP contribution in [0, 0.1) is 0 Å². The summed E-state index contributed by atoms with van der Waals surface area (Å²) in [5.41, 5.74) is 12.5. The number of allylic oxidation sites excluding steroid dienone is 16. The summed E-state index contributed by atoms with van der Waals surface area (Å²) in [5.74, 6) is 2.37. The minimum atomic E-state index is -1.77. The van der Waals surface area contributed by atoms with Crippen LogP contribution in [0.25, 0.3) is 21.5 Å². The molecule has 4 unspecified atom stereocenters. The summed E-state index contributed by atoms with van der Waals surface area (Å²) in [7, 11) is -4.55. The van der Waals surface area contributed by atoms with Crippen molar-refractivity contribution >= 4 is 47.0 Å². The molecule has 4 atom stereocenters. The van der Waals surface area contributed by atoms with Crippen LogP contribution in [-0.2, 0) is 0 Å². The van der Waals surface area contributed by atoms with E-state index in [0.717, 1.165) is 11.5 Å². The maximum atomic E-state index is 6.60. The van der Waals surface area contributed by atoms with Crippen LogP contribution in [0.5, 0.6) is 11.5 Å². The molecule has 0 heterocycles. The molecule has 4 aromatic rings. The van der Waals surface area contributed by atoms with Crippen molar-refractivity contribution < 1.29 is 8.85 Å². The van der Waals surface area contributed by atoms with Gasteiger partial charge in [0.1, 0.15) is 11.5 Å². The largest absolute Gasteiger partial charge is 0.544 e. The fourth-order valence-corrected chi connectivity index (χ4v) is 14.5. The average molecular weight is 758 g/mol. The van der Waals surface area contributed by atoms with Crippen LogP contribution in [0.4, 0.5) is 0 Å². The van der Waals surface area contributed by atoms with Gasteiger partial charge in [-0.1, -0.05) is 139 Å². The second kappa shape index (κ2) is 14.0. The molecule has 1 radical (unpaired) electrons. The molecule has 0 bridgehead atoms. The Kier molecular flexibility index (Phi) is 9.48. The van der Waals surface area contributed by atoms with Crippen molar-refractivity contribution in [1.29, 1.82) is 0 Å². The molecule has 273 valence electrons. The topological polar surface area (TPSA) is 18.5 Å².